The van der Waals surface area contributed by atoms with Crippen LogP contribution in [0.3, 0.4) is 0 Å². The van der Waals surface area contributed by atoms with Gasteiger partial charge in [-0.25, -0.2) is 0 Å². The normalized spacial score (nSPS) is 10.3. The van der Waals surface area contributed by atoms with E-state index in [1.54, 1.807) is 0 Å². The van der Waals surface area contributed by atoms with E-state index >= 15 is 0 Å². The lowest BCUT2D eigenvalue weighted by molar-refractivity contribution is 0.790. The molecule has 0 aliphatic carbocycles. The second-order valence-corrected chi connectivity index (χ2v) is 3.94. The van der Waals surface area contributed by atoms with Gasteiger partial charge in [-0.05, 0) is 23.0 Å². The van der Waals surface area contributed by atoms with Crippen molar-refractivity contribution in [1.82, 2.24) is 0 Å². The van der Waals surface area contributed by atoms with Crippen molar-refractivity contribution in [2.45, 2.75) is 39.5 Å². The van der Waals surface area contributed by atoms with E-state index in [1.807, 2.05) is 0 Å². The van der Waals surface area contributed by atoms with Gasteiger partial charge in [0.05, 0.1) is 0 Å². The summed E-state index contributed by atoms with van der Waals surface area (Å²) in [6, 6.07) is 8.72. The molecule has 0 N–H and O–H groups in total. The molecule has 0 aliphatic heterocycles. The molecule has 0 saturated heterocycles. The first-order valence-electron chi connectivity index (χ1n) is 4.71. The topological polar surface area (TPSA) is 0 Å². The first kappa shape index (κ1) is 12.3. The highest BCUT2D eigenvalue weighted by Gasteiger charge is 2.07. The molecule has 0 bridgehead atoms. The van der Waals surface area contributed by atoms with Gasteiger partial charge in [-0.2, -0.15) is 0 Å². The van der Waals surface area contributed by atoms with E-state index in [-0.39, 0.29) is 9.84 Å². The fraction of sp³-hybridized carbons (Fsp3) is 0.500. The van der Waals surface area contributed by atoms with Crippen LogP contribution in [-0.4, -0.2) is 8.41 Å². The van der Waals surface area contributed by atoms with E-state index in [2.05, 4.69) is 52.0 Å². The van der Waals surface area contributed by atoms with Crippen LogP contribution in [0.4, 0.5) is 0 Å². The summed E-state index contributed by atoms with van der Waals surface area (Å²) in [5, 5.41) is 0. The minimum Gasteiger partial charge on any atom is -0.0620 e. The van der Waals surface area contributed by atoms with Crippen molar-refractivity contribution in [2.75, 3.05) is 0 Å². The van der Waals surface area contributed by atoms with Crippen molar-refractivity contribution >= 4 is 8.41 Å². The Morgan fingerprint density at radius 3 is 1.38 bits per heavy atom. The summed E-state index contributed by atoms with van der Waals surface area (Å²) in [6.45, 7) is 9.00. The number of rotatable bonds is 2. The Morgan fingerprint density at radius 1 is 0.846 bits per heavy atom. The average Bonchev–Trinajstić information content (AvgIpc) is 2.04. The molecule has 1 rings (SSSR count). The average molecular weight is 176 g/mol. The molecule has 71 valence electrons. The molecule has 0 unspecified atom stereocenters. The smallest absolute Gasteiger partial charge is 0 e. The molecule has 1 aromatic carbocycles. The quantitative estimate of drug-likeness (QED) is 0.601. The van der Waals surface area contributed by atoms with Gasteiger partial charge in [0.25, 0.3) is 0 Å². The van der Waals surface area contributed by atoms with Gasteiger partial charge in [-0.15, -0.1) is 0 Å². The molecule has 3 radical (unpaired) electrons. The van der Waals surface area contributed by atoms with Crippen molar-refractivity contribution < 1.29 is 1.43 Å². The molecule has 0 nitrogen and oxygen atoms in total. The van der Waals surface area contributed by atoms with Crippen molar-refractivity contribution in [3.63, 3.8) is 0 Å². The summed E-state index contributed by atoms with van der Waals surface area (Å²) in [5.41, 5.74) is 2.99. The second-order valence-electron chi connectivity index (χ2n) is 3.94. The van der Waals surface area contributed by atoms with Crippen LogP contribution in [0.2, 0.25) is 0 Å². The summed E-state index contributed by atoms with van der Waals surface area (Å²) in [4.78, 5) is 0. The molecule has 0 heterocycles. The molecule has 0 aliphatic rings. The zero-order valence-electron chi connectivity index (χ0n) is 9.04. The molecule has 1 aromatic rings. The number of hydrogen-bond acceptors (Lipinski definition) is 0. The fourth-order valence-corrected chi connectivity index (χ4v) is 1.56. The van der Waals surface area contributed by atoms with E-state index < -0.39 is 0 Å². The second kappa shape index (κ2) is 5.11. The Hall–Kier alpha value is -0.715. The highest BCUT2D eigenvalue weighted by Crippen LogP contribution is 2.25. The first-order valence-corrected chi connectivity index (χ1v) is 4.71. The third-order valence-corrected chi connectivity index (χ3v) is 2.24. The lowest BCUT2D eigenvalue weighted by Gasteiger charge is -2.14. The molecule has 0 amide bonds. The third-order valence-electron chi connectivity index (χ3n) is 2.24. The fourth-order valence-electron chi connectivity index (χ4n) is 1.56. The minimum atomic E-state index is 0. The van der Waals surface area contributed by atoms with Crippen LogP contribution in [-0.2, 0) is 0 Å². The van der Waals surface area contributed by atoms with E-state index in [1.165, 1.54) is 11.1 Å². The summed E-state index contributed by atoms with van der Waals surface area (Å²) in [6.07, 6.45) is 0. The largest absolute Gasteiger partial charge is 0.0620 e. The van der Waals surface area contributed by atoms with Gasteiger partial charge in [-0.3, -0.25) is 0 Å². The highest BCUT2D eigenvalue weighted by molar-refractivity contribution is 5.75. The van der Waals surface area contributed by atoms with Gasteiger partial charge in [0, 0.05) is 9.84 Å². The Bertz CT molecular complexity index is 229. The summed E-state index contributed by atoms with van der Waals surface area (Å²) >= 11 is 0. The highest BCUT2D eigenvalue weighted by atomic mass is 14.1. The molecule has 0 spiro atoms. The standard InChI is InChI=1S/C12H18.B.H2/c1-9(2)11-7-5-6-8-12(11)10(3)4;;/h5-10H,1-4H3;;1H/i;;1+1. The first-order chi connectivity index (χ1) is 5.63. The zero-order chi connectivity index (χ0) is 9.14. The maximum Gasteiger partial charge on any atom is 0 e. The van der Waals surface area contributed by atoms with Gasteiger partial charge in [-0.1, -0.05) is 52.0 Å². The molecule has 13 heavy (non-hydrogen) atoms. The van der Waals surface area contributed by atoms with Gasteiger partial charge in [0.15, 0.2) is 0 Å². The summed E-state index contributed by atoms with van der Waals surface area (Å²) in [5.74, 6) is 1.28. The summed E-state index contributed by atoms with van der Waals surface area (Å²) in [7, 11) is 0. The molecule has 0 saturated carbocycles. The van der Waals surface area contributed by atoms with E-state index in [0.29, 0.717) is 11.8 Å². The predicted molar refractivity (Wildman–Crippen MR) is 62.5 cm³/mol. The maximum absolute atomic E-state index is 2.25. The minimum absolute atomic E-state index is 0. The van der Waals surface area contributed by atoms with Gasteiger partial charge in [0.1, 0.15) is 0 Å². The van der Waals surface area contributed by atoms with Crippen molar-refractivity contribution in [2.24, 2.45) is 0 Å². The van der Waals surface area contributed by atoms with Crippen LogP contribution < -0.4 is 0 Å². The van der Waals surface area contributed by atoms with Gasteiger partial charge in [0.2, 0.25) is 0 Å². The summed E-state index contributed by atoms with van der Waals surface area (Å²) < 4.78 is 0. The van der Waals surface area contributed by atoms with Crippen LogP contribution >= 0.6 is 0 Å². The van der Waals surface area contributed by atoms with Crippen LogP contribution in [0.25, 0.3) is 0 Å². The predicted octanol–water partition coefficient (Wildman–Crippen LogP) is 3.80. The molecular weight excluding hydrogens is 155 g/mol. The third kappa shape index (κ3) is 2.91. The van der Waals surface area contributed by atoms with E-state index in [4.69, 9.17) is 0 Å². The molecule has 0 atom stereocenters. The van der Waals surface area contributed by atoms with Gasteiger partial charge < -0.3 is 0 Å². The van der Waals surface area contributed by atoms with Crippen LogP contribution in [0.5, 0.6) is 0 Å². The molecule has 0 aromatic heterocycles. The van der Waals surface area contributed by atoms with Crippen molar-refractivity contribution in [3.8, 4) is 0 Å². The Kier molecular flexibility index (Phi) is 4.83. The molecule has 0 fully saturated rings. The Morgan fingerprint density at radius 2 is 1.15 bits per heavy atom. The van der Waals surface area contributed by atoms with E-state index in [0.717, 1.165) is 0 Å². The molecule has 1 heteroatoms. The van der Waals surface area contributed by atoms with Crippen molar-refractivity contribution in [3.05, 3.63) is 35.4 Å². The Labute approximate surface area is 85.4 Å². The lowest BCUT2D eigenvalue weighted by atomic mass is 9.91. The monoisotopic (exact) mass is 176 g/mol. The SMILES string of the molecule is CC(C)c1ccccc1C(C)C.[2HH].[B]. The molecular formula is C12H20B. The number of hydrogen-bond donors (Lipinski definition) is 0. The van der Waals surface area contributed by atoms with Gasteiger partial charge >= 0.3 is 0 Å². The van der Waals surface area contributed by atoms with E-state index in [9.17, 15) is 0 Å². The zero-order valence-corrected chi connectivity index (χ0v) is 9.04. The lowest BCUT2D eigenvalue weighted by Crippen LogP contribution is -1.97. The van der Waals surface area contributed by atoms with Crippen molar-refractivity contribution in [1.29, 1.82) is 0 Å². The van der Waals surface area contributed by atoms with Crippen LogP contribution in [0.15, 0.2) is 24.3 Å². The van der Waals surface area contributed by atoms with Crippen LogP contribution in [0.1, 0.15) is 52.1 Å². The number of benzene rings is 1. The van der Waals surface area contributed by atoms with Crippen LogP contribution in [0, 0.1) is 0 Å². The Balaban J connectivity index is 0. The maximum atomic E-state index is 2.25.